The second kappa shape index (κ2) is 10.8. The summed E-state index contributed by atoms with van der Waals surface area (Å²) in [6, 6.07) is 17.9. The van der Waals surface area contributed by atoms with E-state index in [-0.39, 0.29) is 17.6 Å². The lowest BCUT2D eigenvalue weighted by Gasteiger charge is -2.46. The van der Waals surface area contributed by atoms with Gasteiger partial charge >= 0.3 is 5.97 Å². The van der Waals surface area contributed by atoms with E-state index in [1.165, 1.54) is 12.1 Å². The van der Waals surface area contributed by atoms with Gasteiger partial charge in [0.05, 0.1) is 18.3 Å². The molecule has 1 saturated heterocycles. The van der Waals surface area contributed by atoms with E-state index in [1.54, 1.807) is 19.2 Å². The number of carbonyl (C=O) groups is 1. The third-order valence-corrected chi connectivity index (χ3v) is 8.06. The number of piperazine rings is 1. The number of fused-ring (bicyclic) bond motifs is 1. The van der Waals surface area contributed by atoms with Gasteiger partial charge in [0.1, 0.15) is 17.7 Å². The van der Waals surface area contributed by atoms with Crippen LogP contribution in [0.25, 0.3) is 10.8 Å². The zero-order chi connectivity index (χ0) is 26.0. The Kier molecular flexibility index (Phi) is 7.47. The molecule has 0 radical (unpaired) electrons. The van der Waals surface area contributed by atoms with Gasteiger partial charge in [0, 0.05) is 38.6 Å². The third kappa shape index (κ3) is 5.49. The molecule has 3 aromatic carbocycles. The van der Waals surface area contributed by atoms with Crippen molar-refractivity contribution < 1.29 is 23.8 Å². The van der Waals surface area contributed by atoms with Crippen LogP contribution >= 0.6 is 0 Å². The molecule has 5 rings (SSSR count). The summed E-state index contributed by atoms with van der Waals surface area (Å²) in [5.74, 6) is -0.573. The van der Waals surface area contributed by atoms with Gasteiger partial charge in [0.15, 0.2) is 0 Å². The minimum absolute atomic E-state index is 0.0519. The summed E-state index contributed by atoms with van der Waals surface area (Å²) >= 11 is 0. The van der Waals surface area contributed by atoms with E-state index >= 15 is 0 Å². The van der Waals surface area contributed by atoms with Crippen LogP contribution in [0, 0.1) is 11.7 Å². The Morgan fingerprint density at radius 2 is 1.78 bits per heavy atom. The lowest BCUT2D eigenvalue weighted by atomic mass is 9.70. The van der Waals surface area contributed by atoms with Gasteiger partial charge in [-0.15, -0.1) is 0 Å². The Balaban J connectivity index is 1.40. The van der Waals surface area contributed by atoms with E-state index in [1.807, 2.05) is 30.3 Å². The number of likely N-dealkylation sites (N-methyl/N-ethyl adjacent to an activating group) is 1. The normalized spacial score (nSPS) is 25.2. The lowest BCUT2D eigenvalue weighted by molar-refractivity contribution is -0.100. The minimum atomic E-state index is -1.06. The van der Waals surface area contributed by atoms with Gasteiger partial charge in [-0.05, 0) is 73.0 Å². The number of hydrogen-bond acceptors (Lipinski definition) is 6. The van der Waals surface area contributed by atoms with Crippen LogP contribution in [0.3, 0.4) is 0 Å². The van der Waals surface area contributed by atoms with Gasteiger partial charge in [0.2, 0.25) is 0 Å². The van der Waals surface area contributed by atoms with Crippen molar-refractivity contribution in [2.24, 2.45) is 5.92 Å². The monoisotopic (exact) mass is 506 g/mol. The molecule has 0 bridgehead atoms. The summed E-state index contributed by atoms with van der Waals surface area (Å²) in [5, 5.41) is 14.3. The van der Waals surface area contributed by atoms with Crippen molar-refractivity contribution >= 4 is 16.7 Å². The molecule has 1 heterocycles. The average Bonchev–Trinajstić information content (AvgIpc) is 2.91. The van der Waals surface area contributed by atoms with Crippen molar-refractivity contribution in [1.82, 2.24) is 9.80 Å². The van der Waals surface area contributed by atoms with Crippen LogP contribution in [0.1, 0.15) is 35.2 Å². The van der Waals surface area contributed by atoms with E-state index in [0.29, 0.717) is 25.8 Å². The first kappa shape index (κ1) is 25.6. The molecule has 3 aromatic rings. The SMILES string of the molecule is COc1ccc2cc(C3(O)CCC(OC(=O)c4ccccc4F)CC3CN3CCN(C)CC3)ccc2c1. The molecule has 1 N–H and O–H groups in total. The van der Waals surface area contributed by atoms with Crippen LogP contribution in [-0.2, 0) is 10.3 Å². The van der Waals surface area contributed by atoms with E-state index in [4.69, 9.17) is 9.47 Å². The molecule has 6 nitrogen and oxygen atoms in total. The summed E-state index contributed by atoms with van der Waals surface area (Å²) in [7, 11) is 3.77. The summed E-state index contributed by atoms with van der Waals surface area (Å²) < 4.78 is 25.3. The molecular formula is C30H35FN2O4. The number of ether oxygens (including phenoxy) is 2. The van der Waals surface area contributed by atoms with E-state index in [0.717, 1.165) is 48.3 Å². The Bertz CT molecular complexity index is 1260. The molecule has 2 fully saturated rings. The third-order valence-electron chi connectivity index (χ3n) is 8.06. The molecule has 3 atom stereocenters. The largest absolute Gasteiger partial charge is 0.497 e. The van der Waals surface area contributed by atoms with Gasteiger partial charge in [-0.25, -0.2) is 9.18 Å². The zero-order valence-electron chi connectivity index (χ0n) is 21.5. The van der Waals surface area contributed by atoms with Crippen molar-refractivity contribution in [3.63, 3.8) is 0 Å². The summed E-state index contributed by atoms with van der Waals surface area (Å²) in [6.45, 7) is 4.53. The first-order chi connectivity index (χ1) is 17.9. The number of hydrogen-bond donors (Lipinski definition) is 1. The van der Waals surface area contributed by atoms with Crippen molar-refractivity contribution in [1.29, 1.82) is 0 Å². The fraction of sp³-hybridized carbons (Fsp3) is 0.433. The highest BCUT2D eigenvalue weighted by atomic mass is 19.1. The standard InChI is InChI=1S/C30H35FN2O4/c1-32-13-15-33(16-14-32)20-24-19-26(37-29(34)27-5-3-4-6-28(27)31)11-12-30(24,35)23-9-7-22-18-25(36-2)10-8-21(22)17-23/h3-10,17-18,24,26,35H,11-16,19-20H2,1-2H3. The van der Waals surface area contributed by atoms with E-state index in [2.05, 4.69) is 22.9 Å². The molecular weight excluding hydrogens is 471 g/mol. The number of aliphatic hydroxyl groups is 1. The number of rotatable bonds is 6. The highest BCUT2D eigenvalue weighted by molar-refractivity contribution is 5.89. The second-order valence-electron chi connectivity index (χ2n) is 10.4. The van der Waals surface area contributed by atoms with Gasteiger partial charge < -0.3 is 24.4 Å². The summed E-state index contributed by atoms with van der Waals surface area (Å²) in [6.07, 6.45) is 1.11. The van der Waals surface area contributed by atoms with Gasteiger partial charge in [0.25, 0.3) is 0 Å². The summed E-state index contributed by atoms with van der Waals surface area (Å²) in [5.41, 5.74) is -0.231. The average molecular weight is 507 g/mol. The molecule has 1 saturated carbocycles. The predicted octanol–water partition coefficient (Wildman–Crippen LogP) is 4.45. The van der Waals surface area contributed by atoms with Gasteiger partial charge in [-0.1, -0.05) is 30.3 Å². The second-order valence-corrected chi connectivity index (χ2v) is 10.4. The molecule has 0 amide bonds. The lowest BCUT2D eigenvalue weighted by Crippen LogP contribution is -2.52. The predicted molar refractivity (Wildman–Crippen MR) is 141 cm³/mol. The van der Waals surface area contributed by atoms with Crippen molar-refractivity contribution in [3.05, 3.63) is 77.6 Å². The molecule has 196 valence electrons. The Hall–Kier alpha value is -3.00. The van der Waals surface area contributed by atoms with E-state index < -0.39 is 17.4 Å². The highest BCUT2D eigenvalue weighted by Gasteiger charge is 2.45. The number of esters is 1. The summed E-state index contributed by atoms with van der Waals surface area (Å²) in [4.78, 5) is 17.4. The maximum absolute atomic E-state index is 14.2. The van der Waals surface area contributed by atoms with Crippen molar-refractivity contribution in [3.8, 4) is 5.75 Å². The topological polar surface area (TPSA) is 62.2 Å². The zero-order valence-corrected chi connectivity index (χ0v) is 21.5. The Labute approximate surface area is 217 Å². The molecule has 0 spiro atoms. The molecule has 3 unspecified atom stereocenters. The van der Waals surface area contributed by atoms with Crippen LogP contribution in [0.15, 0.2) is 60.7 Å². The molecule has 1 aliphatic heterocycles. The van der Waals surface area contributed by atoms with Crippen LogP contribution < -0.4 is 4.74 Å². The first-order valence-electron chi connectivity index (χ1n) is 13.0. The smallest absolute Gasteiger partial charge is 0.341 e. The molecule has 1 aliphatic carbocycles. The van der Waals surface area contributed by atoms with Gasteiger partial charge in [-0.3, -0.25) is 0 Å². The highest BCUT2D eigenvalue weighted by Crippen LogP contribution is 2.44. The molecule has 2 aliphatic rings. The molecule has 7 heteroatoms. The fourth-order valence-electron chi connectivity index (χ4n) is 5.73. The van der Waals surface area contributed by atoms with Crippen LogP contribution in [0.4, 0.5) is 4.39 Å². The number of halogens is 1. The number of carbonyl (C=O) groups excluding carboxylic acids is 1. The molecule has 0 aromatic heterocycles. The number of methoxy groups -OCH3 is 1. The van der Waals surface area contributed by atoms with E-state index in [9.17, 15) is 14.3 Å². The van der Waals surface area contributed by atoms with Gasteiger partial charge in [-0.2, -0.15) is 0 Å². The number of nitrogens with zero attached hydrogens (tertiary/aromatic N) is 2. The van der Waals surface area contributed by atoms with Crippen LogP contribution in [-0.4, -0.2) is 73.9 Å². The Morgan fingerprint density at radius 3 is 2.54 bits per heavy atom. The minimum Gasteiger partial charge on any atom is -0.497 e. The first-order valence-corrected chi connectivity index (χ1v) is 13.0. The van der Waals surface area contributed by atoms with Crippen LogP contribution in [0.2, 0.25) is 0 Å². The fourth-order valence-corrected chi connectivity index (χ4v) is 5.73. The Morgan fingerprint density at radius 1 is 1.05 bits per heavy atom. The maximum atomic E-state index is 14.2. The number of benzene rings is 3. The quantitative estimate of drug-likeness (QED) is 0.499. The maximum Gasteiger partial charge on any atom is 0.341 e. The van der Waals surface area contributed by atoms with Crippen molar-refractivity contribution in [2.75, 3.05) is 46.9 Å². The van der Waals surface area contributed by atoms with Crippen molar-refractivity contribution in [2.45, 2.75) is 31.0 Å². The van der Waals surface area contributed by atoms with Crippen LogP contribution in [0.5, 0.6) is 5.75 Å². The molecule has 37 heavy (non-hydrogen) atoms.